The molecule has 0 saturated heterocycles. The normalized spacial score (nSPS) is 9.21. The molecule has 0 aliphatic heterocycles. The van der Waals surface area contributed by atoms with E-state index in [0.717, 1.165) is 0 Å². The van der Waals surface area contributed by atoms with Gasteiger partial charge in [0.25, 0.3) is 0 Å². The van der Waals surface area contributed by atoms with Gasteiger partial charge in [0.2, 0.25) is 0 Å². The van der Waals surface area contributed by atoms with Crippen LogP contribution in [0.15, 0.2) is 24.3 Å². The molecule has 0 heterocycles. The summed E-state index contributed by atoms with van der Waals surface area (Å²) in [6, 6.07) is 6.98. The summed E-state index contributed by atoms with van der Waals surface area (Å²) in [4.78, 5) is 10.5. The van der Waals surface area contributed by atoms with E-state index in [1.807, 2.05) is 26.0 Å². The molecule has 14 heavy (non-hydrogen) atoms. The molecule has 0 aliphatic carbocycles. The number of hydrogen-bond acceptors (Lipinski definition) is 1. The molecular weight excluding hydrogens is 176 g/mol. The van der Waals surface area contributed by atoms with Gasteiger partial charge in [-0.1, -0.05) is 39.8 Å². The maximum atomic E-state index is 10.5. The van der Waals surface area contributed by atoms with Gasteiger partial charge in [-0.15, -0.1) is 0 Å². The van der Waals surface area contributed by atoms with E-state index >= 15 is 0 Å². The van der Waals surface area contributed by atoms with E-state index in [-0.39, 0.29) is 0 Å². The highest BCUT2D eigenvalue weighted by Crippen LogP contribution is 2.14. The molecule has 0 fully saturated rings. The molecule has 0 spiro atoms. The van der Waals surface area contributed by atoms with Crippen molar-refractivity contribution in [3.05, 3.63) is 35.4 Å². The molecule has 1 rings (SSSR count). The van der Waals surface area contributed by atoms with Crippen molar-refractivity contribution in [3.63, 3.8) is 0 Å². The Bertz CT molecular complexity index is 273. The SMILES string of the molecule is CC.CC(C)c1ccc(C(=O)O)cc1. The molecule has 78 valence electrons. The van der Waals surface area contributed by atoms with Crippen LogP contribution >= 0.6 is 0 Å². The average molecular weight is 194 g/mol. The minimum atomic E-state index is -0.870. The molecule has 0 amide bonds. The molecule has 1 N–H and O–H groups in total. The van der Waals surface area contributed by atoms with Crippen molar-refractivity contribution in [2.24, 2.45) is 0 Å². The van der Waals surface area contributed by atoms with Crippen LogP contribution in [0.4, 0.5) is 0 Å². The van der Waals surface area contributed by atoms with Crippen LogP contribution in [-0.2, 0) is 0 Å². The monoisotopic (exact) mass is 194 g/mol. The lowest BCUT2D eigenvalue weighted by atomic mass is 10.0. The Morgan fingerprint density at radius 1 is 1.14 bits per heavy atom. The third-order valence-electron chi connectivity index (χ3n) is 1.82. The van der Waals surface area contributed by atoms with Crippen molar-refractivity contribution in [1.29, 1.82) is 0 Å². The van der Waals surface area contributed by atoms with Crippen molar-refractivity contribution in [2.75, 3.05) is 0 Å². The first-order valence-electron chi connectivity index (χ1n) is 4.94. The second kappa shape index (κ2) is 6.19. The van der Waals surface area contributed by atoms with Crippen LogP contribution in [0.2, 0.25) is 0 Å². The van der Waals surface area contributed by atoms with E-state index < -0.39 is 5.97 Å². The molecule has 0 aliphatic rings. The van der Waals surface area contributed by atoms with Crippen LogP contribution in [-0.4, -0.2) is 11.1 Å². The Balaban J connectivity index is 0.000000791. The lowest BCUT2D eigenvalue weighted by Crippen LogP contribution is -1.96. The molecule has 0 radical (unpaired) electrons. The Morgan fingerprint density at radius 3 is 1.86 bits per heavy atom. The molecule has 0 atom stereocenters. The third kappa shape index (κ3) is 3.60. The molecule has 1 aromatic rings. The summed E-state index contributed by atoms with van der Waals surface area (Å²) in [5.74, 6) is -0.418. The van der Waals surface area contributed by atoms with E-state index in [4.69, 9.17) is 5.11 Å². The van der Waals surface area contributed by atoms with Crippen molar-refractivity contribution >= 4 is 5.97 Å². The lowest BCUT2D eigenvalue weighted by Gasteiger charge is -2.04. The summed E-state index contributed by atoms with van der Waals surface area (Å²) >= 11 is 0. The summed E-state index contributed by atoms with van der Waals surface area (Å²) in [5, 5.41) is 8.61. The highest BCUT2D eigenvalue weighted by Gasteiger charge is 2.02. The molecule has 0 unspecified atom stereocenters. The number of hydrogen-bond donors (Lipinski definition) is 1. The summed E-state index contributed by atoms with van der Waals surface area (Å²) in [6.07, 6.45) is 0. The number of carboxylic acid groups (broad SMARTS) is 1. The fourth-order valence-corrected chi connectivity index (χ4v) is 1.01. The fraction of sp³-hybridized carbons (Fsp3) is 0.417. The second-order valence-electron chi connectivity index (χ2n) is 3.08. The van der Waals surface area contributed by atoms with Gasteiger partial charge in [-0.25, -0.2) is 4.79 Å². The predicted molar refractivity (Wildman–Crippen MR) is 58.8 cm³/mol. The number of rotatable bonds is 2. The summed E-state index contributed by atoms with van der Waals surface area (Å²) in [6.45, 7) is 8.16. The standard InChI is InChI=1S/C10H12O2.C2H6/c1-7(2)8-3-5-9(6-4-8)10(11)12;1-2/h3-7H,1-2H3,(H,11,12);1-2H3. The van der Waals surface area contributed by atoms with Crippen molar-refractivity contribution in [3.8, 4) is 0 Å². The van der Waals surface area contributed by atoms with Crippen LogP contribution < -0.4 is 0 Å². The van der Waals surface area contributed by atoms with Gasteiger partial charge < -0.3 is 5.11 Å². The largest absolute Gasteiger partial charge is 0.478 e. The Morgan fingerprint density at radius 2 is 1.57 bits per heavy atom. The quantitative estimate of drug-likeness (QED) is 0.781. The highest BCUT2D eigenvalue weighted by atomic mass is 16.4. The van der Waals surface area contributed by atoms with Crippen LogP contribution in [0.25, 0.3) is 0 Å². The summed E-state index contributed by atoms with van der Waals surface area (Å²) in [7, 11) is 0. The number of carbonyl (C=O) groups is 1. The molecule has 1 aromatic carbocycles. The zero-order chi connectivity index (χ0) is 11.1. The van der Waals surface area contributed by atoms with E-state index in [2.05, 4.69) is 13.8 Å². The number of benzene rings is 1. The first-order valence-corrected chi connectivity index (χ1v) is 4.94. The topological polar surface area (TPSA) is 37.3 Å². The third-order valence-corrected chi connectivity index (χ3v) is 1.82. The van der Waals surface area contributed by atoms with Crippen molar-refractivity contribution in [2.45, 2.75) is 33.6 Å². The Labute approximate surface area is 85.6 Å². The number of aromatic carboxylic acids is 1. The predicted octanol–water partition coefficient (Wildman–Crippen LogP) is 3.53. The van der Waals surface area contributed by atoms with Gasteiger partial charge in [0.15, 0.2) is 0 Å². The minimum absolute atomic E-state index is 0.347. The fourth-order valence-electron chi connectivity index (χ4n) is 1.01. The minimum Gasteiger partial charge on any atom is -0.478 e. The molecular formula is C12H18O2. The molecule has 0 aromatic heterocycles. The summed E-state index contributed by atoms with van der Waals surface area (Å²) in [5.41, 5.74) is 1.51. The maximum absolute atomic E-state index is 10.5. The van der Waals surface area contributed by atoms with Crippen LogP contribution in [0.1, 0.15) is 49.5 Å². The maximum Gasteiger partial charge on any atom is 0.335 e. The average Bonchev–Trinajstić information content (AvgIpc) is 2.21. The van der Waals surface area contributed by atoms with Gasteiger partial charge in [-0.3, -0.25) is 0 Å². The number of carboxylic acids is 1. The zero-order valence-corrected chi connectivity index (χ0v) is 9.24. The van der Waals surface area contributed by atoms with Crippen LogP contribution in [0, 0.1) is 0 Å². The van der Waals surface area contributed by atoms with Crippen molar-refractivity contribution < 1.29 is 9.90 Å². The van der Waals surface area contributed by atoms with E-state index in [9.17, 15) is 4.79 Å². The molecule has 0 saturated carbocycles. The first-order chi connectivity index (χ1) is 6.61. The van der Waals surface area contributed by atoms with Gasteiger partial charge in [0.1, 0.15) is 0 Å². The van der Waals surface area contributed by atoms with Crippen LogP contribution in [0.3, 0.4) is 0 Å². The van der Waals surface area contributed by atoms with E-state index in [1.54, 1.807) is 12.1 Å². The molecule has 2 nitrogen and oxygen atoms in total. The van der Waals surface area contributed by atoms with Gasteiger partial charge in [0.05, 0.1) is 5.56 Å². The first kappa shape index (κ1) is 12.7. The van der Waals surface area contributed by atoms with Gasteiger partial charge in [-0.2, -0.15) is 0 Å². The zero-order valence-electron chi connectivity index (χ0n) is 9.24. The van der Waals surface area contributed by atoms with Crippen molar-refractivity contribution in [1.82, 2.24) is 0 Å². The highest BCUT2D eigenvalue weighted by molar-refractivity contribution is 5.87. The van der Waals surface area contributed by atoms with Gasteiger partial charge >= 0.3 is 5.97 Å². The van der Waals surface area contributed by atoms with E-state index in [0.29, 0.717) is 11.5 Å². The van der Waals surface area contributed by atoms with E-state index in [1.165, 1.54) is 5.56 Å². The Hall–Kier alpha value is -1.31. The summed E-state index contributed by atoms with van der Waals surface area (Å²) < 4.78 is 0. The Kier molecular flexibility index (Phi) is 5.61. The molecule has 0 bridgehead atoms. The lowest BCUT2D eigenvalue weighted by molar-refractivity contribution is 0.0697. The second-order valence-corrected chi connectivity index (χ2v) is 3.08. The molecule has 2 heteroatoms. The smallest absolute Gasteiger partial charge is 0.335 e. The van der Waals surface area contributed by atoms with Gasteiger partial charge in [-0.05, 0) is 23.6 Å². The van der Waals surface area contributed by atoms with Crippen LogP contribution in [0.5, 0.6) is 0 Å². The van der Waals surface area contributed by atoms with Gasteiger partial charge in [0, 0.05) is 0 Å².